The van der Waals surface area contributed by atoms with Gasteiger partial charge in [-0.2, -0.15) is 4.99 Å². The number of carbonyl (C=O) groups is 2. The molecule has 1 N–H and O–H groups in total. The summed E-state index contributed by atoms with van der Waals surface area (Å²) >= 11 is 1.34. The maximum absolute atomic E-state index is 12.7. The standard InChI is InChI=1S/C23H24N4O2S/c1-15(2)12-19-22(29)26-21-17-10-6-7-11-18(17)25-23(27(19)21)30-14-20(28)24-13-16-8-4-3-5-9-16/h3-11,15,19H,12-14H2,1-2H3,(H,24,28). The number of rotatable bonds is 6. The Morgan fingerprint density at radius 3 is 2.60 bits per heavy atom. The lowest BCUT2D eigenvalue weighted by Crippen LogP contribution is -2.44. The van der Waals surface area contributed by atoms with Crippen LogP contribution < -0.4 is 5.32 Å². The van der Waals surface area contributed by atoms with Crippen molar-refractivity contribution < 1.29 is 9.59 Å². The van der Waals surface area contributed by atoms with Gasteiger partial charge in [0.25, 0.3) is 5.91 Å². The monoisotopic (exact) mass is 420 g/mol. The van der Waals surface area contributed by atoms with E-state index in [4.69, 9.17) is 4.99 Å². The van der Waals surface area contributed by atoms with Crippen LogP contribution in [-0.4, -0.2) is 39.5 Å². The van der Waals surface area contributed by atoms with Gasteiger partial charge in [-0.05, 0) is 30.0 Å². The Labute approximate surface area is 180 Å². The molecule has 1 atom stereocenters. The van der Waals surface area contributed by atoms with Crippen molar-refractivity contribution in [3.8, 4) is 0 Å². The number of thioether (sulfide) groups is 1. The van der Waals surface area contributed by atoms with E-state index in [0.29, 0.717) is 29.9 Å². The summed E-state index contributed by atoms with van der Waals surface area (Å²) in [5, 5.41) is 3.59. The number of hydrogen-bond acceptors (Lipinski definition) is 5. The van der Waals surface area contributed by atoms with Gasteiger partial charge in [-0.25, -0.2) is 4.99 Å². The van der Waals surface area contributed by atoms with E-state index in [2.05, 4.69) is 24.2 Å². The molecular weight excluding hydrogens is 396 g/mol. The fourth-order valence-corrected chi connectivity index (χ4v) is 4.43. The molecule has 2 aliphatic rings. The summed E-state index contributed by atoms with van der Waals surface area (Å²) < 4.78 is 0. The predicted molar refractivity (Wildman–Crippen MR) is 121 cm³/mol. The van der Waals surface area contributed by atoms with E-state index >= 15 is 0 Å². The number of carbonyl (C=O) groups excluding carboxylic acids is 2. The van der Waals surface area contributed by atoms with Crippen LogP contribution >= 0.6 is 11.8 Å². The molecule has 0 spiro atoms. The summed E-state index contributed by atoms with van der Waals surface area (Å²) in [6, 6.07) is 17.1. The van der Waals surface area contributed by atoms with Gasteiger partial charge in [-0.3, -0.25) is 14.5 Å². The maximum atomic E-state index is 12.7. The summed E-state index contributed by atoms with van der Waals surface area (Å²) in [6.45, 7) is 4.66. The molecule has 0 saturated carbocycles. The minimum atomic E-state index is -0.369. The van der Waals surface area contributed by atoms with Gasteiger partial charge in [-0.15, -0.1) is 0 Å². The number of fused-ring (bicyclic) bond motifs is 3. The van der Waals surface area contributed by atoms with E-state index in [1.165, 1.54) is 11.8 Å². The molecule has 2 aromatic carbocycles. The van der Waals surface area contributed by atoms with Gasteiger partial charge >= 0.3 is 0 Å². The summed E-state index contributed by atoms with van der Waals surface area (Å²) in [7, 11) is 0. The highest BCUT2D eigenvalue weighted by Gasteiger charge is 2.41. The number of nitrogens with zero attached hydrogens (tertiary/aromatic N) is 3. The summed E-state index contributed by atoms with van der Waals surface area (Å²) in [6.07, 6.45) is 0.688. The molecule has 30 heavy (non-hydrogen) atoms. The van der Waals surface area contributed by atoms with Crippen molar-refractivity contribution in [2.24, 2.45) is 15.9 Å². The molecule has 0 aliphatic carbocycles. The van der Waals surface area contributed by atoms with Crippen LogP contribution in [0.4, 0.5) is 5.69 Å². The first-order valence-corrected chi connectivity index (χ1v) is 11.0. The molecular formula is C23H24N4O2S. The average Bonchev–Trinajstić information content (AvgIpc) is 3.07. The SMILES string of the molecule is CC(C)CC1C(=O)N=C2c3ccccc3N=C(SCC(=O)NCc3ccccc3)N21. The second kappa shape index (κ2) is 8.83. The van der Waals surface area contributed by atoms with E-state index in [1.807, 2.05) is 59.5 Å². The Morgan fingerprint density at radius 2 is 1.83 bits per heavy atom. The molecule has 0 aromatic heterocycles. The minimum absolute atomic E-state index is 0.0742. The van der Waals surface area contributed by atoms with E-state index in [0.717, 1.165) is 16.8 Å². The first-order valence-electron chi connectivity index (χ1n) is 10.1. The van der Waals surface area contributed by atoms with E-state index in [-0.39, 0.29) is 23.6 Å². The maximum Gasteiger partial charge on any atom is 0.270 e. The molecule has 7 heteroatoms. The van der Waals surface area contributed by atoms with Crippen LogP contribution in [-0.2, 0) is 16.1 Å². The van der Waals surface area contributed by atoms with Crippen LogP contribution in [0.2, 0.25) is 0 Å². The number of hydrogen-bond donors (Lipinski definition) is 1. The van der Waals surface area contributed by atoms with Crippen LogP contribution in [0, 0.1) is 5.92 Å². The average molecular weight is 421 g/mol. The number of nitrogens with one attached hydrogen (secondary N) is 1. The molecule has 2 aromatic rings. The van der Waals surface area contributed by atoms with Crippen molar-refractivity contribution in [3.05, 3.63) is 65.7 Å². The van der Waals surface area contributed by atoms with E-state index < -0.39 is 0 Å². The summed E-state index contributed by atoms with van der Waals surface area (Å²) in [5.41, 5.74) is 2.68. The first-order chi connectivity index (χ1) is 14.5. The highest BCUT2D eigenvalue weighted by atomic mass is 32.2. The summed E-state index contributed by atoms with van der Waals surface area (Å²) in [5.74, 6) is 0.988. The zero-order valence-electron chi connectivity index (χ0n) is 17.0. The lowest BCUT2D eigenvalue weighted by Gasteiger charge is -2.31. The molecule has 1 unspecified atom stereocenters. The van der Waals surface area contributed by atoms with Gasteiger partial charge in [-0.1, -0.05) is 68.1 Å². The fourth-order valence-electron chi connectivity index (χ4n) is 3.55. The third-order valence-electron chi connectivity index (χ3n) is 4.97. The van der Waals surface area contributed by atoms with Crippen molar-refractivity contribution in [1.29, 1.82) is 0 Å². The zero-order chi connectivity index (χ0) is 21.1. The number of amides is 2. The minimum Gasteiger partial charge on any atom is -0.351 e. The number of aliphatic imine (C=N–C) groups is 2. The van der Waals surface area contributed by atoms with Gasteiger partial charge in [0.15, 0.2) is 5.17 Å². The lowest BCUT2D eigenvalue weighted by atomic mass is 10.0. The first kappa shape index (κ1) is 20.3. The van der Waals surface area contributed by atoms with Gasteiger partial charge in [0, 0.05) is 12.1 Å². The van der Waals surface area contributed by atoms with Crippen LogP contribution in [0.3, 0.4) is 0 Å². The molecule has 0 saturated heterocycles. The molecule has 4 rings (SSSR count). The fraction of sp³-hybridized carbons (Fsp3) is 0.304. The zero-order valence-corrected chi connectivity index (χ0v) is 17.9. The van der Waals surface area contributed by atoms with Crippen LogP contribution in [0.15, 0.2) is 64.6 Å². The number of benzene rings is 2. The second-order valence-electron chi connectivity index (χ2n) is 7.75. The molecule has 0 bridgehead atoms. The number of para-hydroxylation sites is 1. The molecule has 0 fully saturated rings. The molecule has 154 valence electrons. The topological polar surface area (TPSA) is 74.1 Å². The molecule has 2 amide bonds. The Bertz CT molecular complexity index is 1020. The molecule has 2 aliphatic heterocycles. The molecule has 6 nitrogen and oxygen atoms in total. The quantitative estimate of drug-likeness (QED) is 0.773. The Balaban J connectivity index is 1.50. The largest absolute Gasteiger partial charge is 0.351 e. The Hall–Kier alpha value is -2.93. The van der Waals surface area contributed by atoms with Crippen LogP contribution in [0.1, 0.15) is 31.4 Å². The van der Waals surface area contributed by atoms with Gasteiger partial charge in [0.2, 0.25) is 5.91 Å². The van der Waals surface area contributed by atoms with Crippen molar-refractivity contribution in [2.75, 3.05) is 5.75 Å². The lowest BCUT2D eigenvalue weighted by molar-refractivity contribution is -0.120. The second-order valence-corrected chi connectivity index (χ2v) is 8.69. The molecule has 2 heterocycles. The van der Waals surface area contributed by atoms with Crippen molar-refractivity contribution >= 4 is 40.3 Å². The van der Waals surface area contributed by atoms with Gasteiger partial charge in [0.05, 0.1) is 11.4 Å². The normalized spacial score (nSPS) is 17.4. The van der Waals surface area contributed by atoms with Crippen molar-refractivity contribution in [3.63, 3.8) is 0 Å². The van der Waals surface area contributed by atoms with Crippen molar-refractivity contribution in [2.45, 2.75) is 32.9 Å². The molecule has 0 radical (unpaired) electrons. The highest BCUT2D eigenvalue weighted by molar-refractivity contribution is 8.14. The van der Waals surface area contributed by atoms with Crippen molar-refractivity contribution in [1.82, 2.24) is 10.2 Å². The van der Waals surface area contributed by atoms with Gasteiger partial charge in [0.1, 0.15) is 11.9 Å². The predicted octanol–water partition coefficient (Wildman–Crippen LogP) is 3.74. The van der Waals surface area contributed by atoms with E-state index in [9.17, 15) is 9.59 Å². The third-order valence-corrected chi connectivity index (χ3v) is 5.92. The van der Waals surface area contributed by atoms with E-state index in [1.54, 1.807) is 0 Å². The van der Waals surface area contributed by atoms with Crippen LogP contribution in [0.25, 0.3) is 0 Å². The smallest absolute Gasteiger partial charge is 0.270 e. The highest BCUT2D eigenvalue weighted by Crippen LogP contribution is 2.35. The summed E-state index contributed by atoms with van der Waals surface area (Å²) in [4.78, 5) is 36.1. The van der Waals surface area contributed by atoms with Gasteiger partial charge < -0.3 is 5.32 Å². The Kier molecular flexibility index (Phi) is 5.99. The number of amidine groups is 2. The Morgan fingerprint density at radius 1 is 1.10 bits per heavy atom. The third kappa shape index (κ3) is 4.31. The van der Waals surface area contributed by atoms with Crippen LogP contribution in [0.5, 0.6) is 0 Å².